The number of hydrogen-bond acceptors (Lipinski definition) is 7. The molecule has 2 N–H and O–H groups in total. The molecule has 9 heteroatoms. The number of para-hydroxylation sites is 2. The van der Waals surface area contributed by atoms with Gasteiger partial charge in [-0.1, -0.05) is 42.1 Å². The number of hydrogen-bond donors (Lipinski definition) is 2. The molecule has 2 heterocycles. The van der Waals surface area contributed by atoms with Crippen LogP contribution in [-0.4, -0.2) is 22.4 Å². The van der Waals surface area contributed by atoms with Crippen LogP contribution in [0.15, 0.2) is 103 Å². The predicted molar refractivity (Wildman–Crippen MR) is 138 cm³/mol. The number of aromatic nitrogens is 1. The highest BCUT2D eigenvalue weighted by Gasteiger charge is 2.22. The molecule has 0 bridgehead atoms. The third kappa shape index (κ3) is 4.20. The summed E-state index contributed by atoms with van der Waals surface area (Å²) in [6.45, 7) is 1.95. The normalized spacial score (nSPS) is 11.0. The van der Waals surface area contributed by atoms with Crippen molar-refractivity contribution in [3.8, 4) is 11.4 Å². The van der Waals surface area contributed by atoms with Crippen molar-refractivity contribution in [3.63, 3.8) is 0 Å². The molecule has 1 amide bonds. The smallest absolute Gasteiger partial charge is 0.411 e. The molecular formula is C27H20N2O6S. The van der Waals surface area contributed by atoms with Crippen LogP contribution >= 0.6 is 11.8 Å². The average molecular weight is 501 g/mol. The van der Waals surface area contributed by atoms with Gasteiger partial charge in [0.15, 0.2) is 11.3 Å². The Balaban J connectivity index is 1.64. The van der Waals surface area contributed by atoms with Crippen molar-refractivity contribution >= 4 is 45.4 Å². The molecule has 0 atom stereocenters. The number of rotatable bonds is 5. The monoisotopic (exact) mass is 500 g/mol. The summed E-state index contributed by atoms with van der Waals surface area (Å²) in [7, 11) is 0. The minimum absolute atomic E-state index is 0.0311. The maximum Gasteiger partial charge on any atom is 0.411 e. The van der Waals surface area contributed by atoms with Gasteiger partial charge in [-0.25, -0.2) is 9.59 Å². The molecule has 3 aromatic carbocycles. The number of pyridine rings is 1. The first-order valence-electron chi connectivity index (χ1n) is 11.1. The Labute approximate surface area is 208 Å². The van der Waals surface area contributed by atoms with Crippen LogP contribution in [0.2, 0.25) is 0 Å². The Morgan fingerprint density at radius 1 is 1.00 bits per heavy atom. The maximum atomic E-state index is 13.7. The zero-order valence-electron chi connectivity index (χ0n) is 19.1. The molecule has 5 aromatic rings. The second-order valence-electron chi connectivity index (χ2n) is 7.74. The van der Waals surface area contributed by atoms with Gasteiger partial charge in [0.25, 0.3) is 5.56 Å². The molecule has 0 aliphatic carbocycles. The Hall–Kier alpha value is -4.50. The lowest BCUT2D eigenvalue weighted by Gasteiger charge is -2.14. The molecule has 0 aliphatic heterocycles. The van der Waals surface area contributed by atoms with Crippen molar-refractivity contribution in [1.29, 1.82) is 0 Å². The van der Waals surface area contributed by atoms with Crippen LogP contribution < -0.4 is 16.5 Å². The molecule has 0 saturated carbocycles. The molecule has 8 nitrogen and oxygen atoms in total. The standard InChI is InChI=1S/C27H20N2O6S/c1-2-34-27(33)28-16-12-14-18(15-13-16)36-24-22(30)21-23(35-26(24)32)19-10-6-7-11-20(19)29(25(21)31)17-8-4-3-5-9-17/h3-15,30H,2H2,1H3,(H,28,33). The Kier molecular flexibility index (Phi) is 6.22. The van der Waals surface area contributed by atoms with Crippen molar-refractivity contribution in [3.05, 3.63) is 99.6 Å². The largest absolute Gasteiger partial charge is 0.505 e. The number of fused-ring (bicyclic) bond motifs is 3. The number of anilines is 1. The van der Waals surface area contributed by atoms with Crippen LogP contribution in [0.1, 0.15) is 6.92 Å². The van der Waals surface area contributed by atoms with E-state index < -0.39 is 23.0 Å². The molecule has 0 spiro atoms. The van der Waals surface area contributed by atoms with E-state index in [-0.39, 0.29) is 22.5 Å². The van der Waals surface area contributed by atoms with Gasteiger partial charge in [-0.3, -0.25) is 14.7 Å². The minimum atomic E-state index is -0.763. The van der Waals surface area contributed by atoms with Crippen molar-refractivity contribution in [2.75, 3.05) is 11.9 Å². The van der Waals surface area contributed by atoms with Gasteiger partial charge in [-0.15, -0.1) is 0 Å². The van der Waals surface area contributed by atoms with Crippen molar-refractivity contribution in [2.24, 2.45) is 0 Å². The lowest BCUT2D eigenvalue weighted by Crippen LogP contribution is -2.20. The summed E-state index contributed by atoms with van der Waals surface area (Å²) in [4.78, 5) is 38.7. The second kappa shape index (κ2) is 9.63. The Morgan fingerprint density at radius 2 is 1.69 bits per heavy atom. The summed E-state index contributed by atoms with van der Waals surface area (Å²) in [5, 5.41) is 14.2. The third-order valence-corrected chi connectivity index (χ3v) is 6.55. The fourth-order valence-corrected chi connectivity index (χ4v) is 4.74. The lowest BCUT2D eigenvalue weighted by atomic mass is 10.1. The first-order chi connectivity index (χ1) is 17.5. The fraction of sp³-hybridized carbons (Fsp3) is 0.0741. The van der Waals surface area contributed by atoms with Crippen molar-refractivity contribution in [2.45, 2.75) is 16.7 Å². The van der Waals surface area contributed by atoms with Crippen LogP contribution in [0.5, 0.6) is 5.75 Å². The number of ether oxygens (including phenoxy) is 1. The van der Waals surface area contributed by atoms with Crippen LogP contribution in [0.4, 0.5) is 10.5 Å². The summed E-state index contributed by atoms with van der Waals surface area (Å²) in [5.41, 5.74) is 0.431. The number of nitrogens with one attached hydrogen (secondary N) is 1. The third-order valence-electron chi connectivity index (χ3n) is 5.48. The van der Waals surface area contributed by atoms with E-state index in [0.717, 1.165) is 11.8 Å². The Morgan fingerprint density at radius 3 is 2.42 bits per heavy atom. The van der Waals surface area contributed by atoms with Gasteiger partial charge in [0.2, 0.25) is 0 Å². The van der Waals surface area contributed by atoms with Gasteiger partial charge in [-0.05, 0) is 55.5 Å². The SMILES string of the molecule is CCOC(=O)Nc1ccc(Sc2c(O)c3c(=O)n(-c4ccccc4)c4ccccc4c3oc2=O)cc1. The first kappa shape index (κ1) is 23.3. The molecule has 180 valence electrons. The van der Waals surface area contributed by atoms with E-state index >= 15 is 0 Å². The van der Waals surface area contributed by atoms with E-state index in [1.807, 2.05) is 18.2 Å². The highest BCUT2D eigenvalue weighted by Crippen LogP contribution is 2.37. The molecule has 2 aromatic heterocycles. The molecule has 5 rings (SSSR count). The topological polar surface area (TPSA) is 111 Å². The van der Waals surface area contributed by atoms with Crippen molar-refractivity contribution < 1.29 is 19.1 Å². The number of carbonyl (C=O) groups is 1. The van der Waals surface area contributed by atoms with Crippen molar-refractivity contribution in [1.82, 2.24) is 4.57 Å². The summed E-state index contributed by atoms with van der Waals surface area (Å²) < 4.78 is 12.0. The number of aromatic hydroxyl groups is 1. The van der Waals surface area contributed by atoms with Crippen LogP contribution in [0.3, 0.4) is 0 Å². The molecular weight excluding hydrogens is 480 g/mol. The van der Waals surface area contributed by atoms with Crippen LogP contribution in [-0.2, 0) is 4.74 Å². The number of benzene rings is 3. The second-order valence-corrected chi connectivity index (χ2v) is 8.82. The number of carbonyl (C=O) groups excluding carboxylic acids is 1. The lowest BCUT2D eigenvalue weighted by molar-refractivity contribution is 0.168. The molecule has 0 radical (unpaired) electrons. The highest BCUT2D eigenvalue weighted by atomic mass is 32.2. The summed E-state index contributed by atoms with van der Waals surface area (Å²) in [6.07, 6.45) is -0.576. The Bertz CT molecular complexity index is 1710. The van der Waals surface area contributed by atoms with E-state index in [1.54, 1.807) is 67.6 Å². The fourth-order valence-electron chi connectivity index (χ4n) is 3.91. The number of nitrogens with zero attached hydrogens (tertiary/aromatic N) is 1. The maximum absolute atomic E-state index is 13.7. The minimum Gasteiger partial charge on any atom is -0.505 e. The van der Waals surface area contributed by atoms with Crippen LogP contribution in [0, 0.1) is 0 Å². The van der Waals surface area contributed by atoms with Gasteiger partial charge >= 0.3 is 11.7 Å². The molecule has 0 fully saturated rings. The van der Waals surface area contributed by atoms with Crippen LogP contribution in [0.25, 0.3) is 27.6 Å². The van der Waals surface area contributed by atoms with E-state index in [9.17, 15) is 19.5 Å². The molecule has 36 heavy (non-hydrogen) atoms. The molecule has 0 aliphatic rings. The molecule has 0 unspecified atom stereocenters. The van der Waals surface area contributed by atoms with Gasteiger partial charge in [0, 0.05) is 21.7 Å². The summed E-state index contributed by atoms with van der Waals surface area (Å²) >= 11 is 0.961. The van der Waals surface area contributed by atoms with E-state index in [2.05, 4.69) is 5.32 Å². The van der Waals surface area contributed by atoms with Gasteiger partial charge in [0.05, 0.1) is 12.1 Å². The number of amides is 1. The average Bonchev–Trinajstić information content (AvgIpc) is 2.88. The zero-order chi connectivity index (χ0) is 25.2. The van der Waals surface area contributed by atoms with E-state index in [1.165, 1.54) is 4.57 Å². The summed E-state index contributed by atoms with van der Waals surface area (Å²) in [5.74, 6) is -0.444. The zero-order valence-corrected chi connectivity index (χ0v) is 19.9. The first-order valence-corrected chi connectivity index (χ1v) is 11.9. The van der Waals surface area contributed by atoms with E-state index in [0.29, 0.717) is 27.2 Å². The predicted octanol–water partition coefficient (Wildman–Crippen LogP) is 5.52. The quantitative estimate of drug-likeness (QED) is 0.306. The summed E-state index contributed by atoms with van der Waals surface area (Å²) in [6, 6.07) is 22.7. The highest BCUT2D eigenvalue weighted by molar-refractivity contribution is 7.99. The van der Waals surface area contributed by atoms with E-state index in [4.69, 9.17) is 9.15 Å². The molecule has 0 saturated heterocycles. The van der Waals surface area contributed by atoms with Gasteiger partial charge < -0.3 is 14.3 Å². The van der Waals surface area contributed by atoms with Gasteiger partial charge in [-0.2, -0.15) is 0 Å². The van der Waals surface area contributed by atoms with Gasteiger partial charge in [0.1, 0.15) is 10.3 Å².